The van der Waals surface area contributed by atoms with Crippen LogP contribution in [0.1, 0.15) is 47.5 Å². The number of carboxylic acid groups (broad SMARTS) is 1. The molecule has 0 radical (unpaired) electrons. The van der Waals surface area contributed by atoms with Gasteiger partial charge in [0, 0.05) is 11.0 Å². The van der Waals surface area contributed by atoms with Gasteiger partial charge < -0.3 is 10.0 Å². The third kappa shape index (κ3) is 2.20. The fraction of sp³-hybridized carbons (Fsp3) is 0.833. The molecule has 0 aromatic heterocycles. The van der Waals surface area contributed by atoms with Crippen LogP contribution >= 0.6 is 0 Å². The second kappa shape index (κ2) is 3.75. The van der Waals surface area contributed by atoms with Crippen molar-refractivity contribution in [3.63, 3.8) is 0 Å². The maximum Gasteiger partial charge on any atom is 0.326 e. The van der Waals surface area contributed by atoms with Gasteiger partial charge in [-0.3, -0.25) is 4.79 Å². The summed E-state index contributed by atoms with van der Waals surface area (Å²) in [5, 5.41) is 9.14. The molecule has 0 saturated carbocycles. The Morgan fingerprint density at radius 2 is 1.81 bits per heavy atom. The Labute approximate surface area is 96.6 Å². The highest BCUT2D eigenvalue weighted by atomic mass is 16.4. The number of hydrogen-bond acceptors (Lipinski definition) is 2. The van der Waals surface area contributed by atoms with E-state index in [0.717, 1.165) is 6.42 Å². The van der Waals surface area contributed by atoms with Crippen LogP contribution in [-0.4, -0.2) is 33.5 Å². The van der Waals surface area contributed by atoms with E-state index >= 15 is 0 Å². The van der Waals surface area contributed by atoms with Gasteiger partial charge in [-0.25, -0.2) is 4.79 Å². The first kappa shape index (κ1) is 13.0. The predicted molar refractivity (Wildman–Crippen MR) is 61.0 cm³/mol. The summed E-state index contributed by atoms with van der Waals surface area (Å²) in [7, 11) is 0. The van der Waals surface area contributed by atoms with Crippen molar-refractivity contribution in [1.82, 2.24) is 4.90 Å². The van der Waals surface area contributed by atoms with Crippen LogP contribution in [0.4, 0.5) is 0 Å². The second-order valence-corrected chi connectivity index (χ2v) is 6.13. The van der Waals surface area contributed by atoms with E-state index in [9.17, 15) is 9.59 Å². The van der Waals surface area contributed by atoms with Crippen LogP contribution in [0.2, 0.25) is 0 Å². The molecular formula is C12H21NO3. The molecule has 0 aliphatic carbocycles. The van der Waals surface area contributed by atoms with E-state index in [-0.39, 0.29) is 11.4 Å². The minimum Gasteiger partial charge on any atom is -0.480 e. The van der Waals surface area contributed by atoms with Crippen LogP contribution < -0.4 is 0 Å². The molecular weight excluding hydrogens is 206 g/mol. The van der Waals surface area contributed by atoms with Crippen molar-refractivity contribution in [2.45, 2.75) is 59.0 Å². The van der Waals surface area contributed by atoms with Crippen LogP contribution in [0.3, 0.4) is 0 Å². The number of nitrogens with zero attached hydrogens (tertiary/aromatic N) is 1. The van der Waals surface area contributed by atoms with Crippen molar-refractivity contribution >= 4 is 11.9 Å². The molecule has 1 atom stereocenters. The minimum atomic E-state index is -0.900. The van der Waals surface area contributed by atoms with Crippen molar-refractivity contribution in [2.24, 2.45) is 5.41 Å². The number of carboxylic acids is 1. The highest BCUT2D eigenvalue weighted by molar-refractivity contribution is 5.88. The predicted octanol–water partition coefficient (Wildman–Crippen LogP) is 1.89. The topological polar surface area (TPSA) is 57.6 Å². The fourth-order valence-electron chi connectivity index (χ4n) is 2.17. The highest BCUT2D eigenvalue weighted by Gasteiger charge is 2.48. The van der Waals surface area contributed by atoms with Crippen molar-refractivity contribution in [3.05, 3.63) is 0 Å². The summed E-state index contributed by atoms with van der Waals surface area (Å²) in [5.74, 6) is -0.981. The Morgan fingerprint density at radius 3 is 2.19 bits per heavy atom. The quantitative estimate of drug-likeness (QED) is 0.744. The molecule has 0 aromatic rings. The molecule has 0 spiro atoms. The molecule has 1 saturated heterocycles. The smallest absolute Gasteiger partial charge is 0.326 e. The number of likely N-dealkylation sites (tertiary alicyclic amines) is 1. The Hall–Kier alpha value is -1.06. The number of amides is 1. The highest BCUT2D eigenvalue weighted by Crippen LogP contribution is 2.36. The van der Waals surface area contributed by atoms with Gasteiger partial charge in [-0.15, -0.1) is 0 Å². The number of aliphatic carboxylic acids is 1. The third-order valence-electron chi connectivity index (χ3n) is 3.14. The number of carbonyl (C=O) groups excluding carboxylic acids is 1. The van der Waals surface area contributed by atoms with Gasteiger partial charge in [0.15, 0.2) is 0 Å². The maximum atomic E-state index is 12.3. The van der Waals surface area contributed by atoms with Gasteiger partial charge in [0.1, 0.15) is 6.04 Å². The summed E-state index contributed by atoms with van der Waals surface area (Å²) in [6, 6.07) is -0.665. The lowest BCUT2D eigenvalue weighted by atomic mass is 9.92. The van der Waals surface area contributed by atoms with Gasteiger partial charge in [0.25, 0.3) is 0 Å². The SMILES string of the molecule is CC(C)(C)C(=O)N1C(C(=O)O)CCC1(C)C. The van der Waals surface area contributed by atoms with Gasteiger partial charge >= 0.3 is 5.97 Å². The molecule has 1 amide bonds. The standard InChI is InChI=1S/C12H21NO3/c1-11(2,3)10(16)13-8(9(14)15)6-7-12(13,4)5/h8H,6-7H2,1-5H3,(H,14,15). The zero-order valence-electron chi connectivity index (χ0n) is 10.7. The molecule has 16 heavy (non-hydrogen) atoms. The maximum absolute atomic E-state index is 12.3. The van der Waals surface area contributed by atoms with Gasteiger partial charge in [0.05, 0.1) is 0 Å². The molecule has 1 heterocycles. The van der Waals surface area contributed by atoms with Gasteiger partial charge in [-0.05, 0) is 26.7 Å². The van der Waals surface area contributed by atoms with E-state index in [0.29, 0.717) is 6.42 Å². The molecule has 1 unspecified atom stereocenters. The molecule has 0 aromatic carbocycles. The lowest BCUT2D eigenvalue weighted by Crippen LogP contribution is -2.53. The van der Waals surface area contributed by atoms with Crippen molar-refractivity contribution in [2.75, 3.05) is 0 Å². The largest absolute Gasteiger partial charge is 0.480 e. The van der Waals surface area contributed by atoms with Gasteiger partial charge in [-0.2, -0.15) is 0 Å². The van der Waals surface area contributed by atoms with E-state index in [2.05, 4.69) is 0 Å². The van der Waals surface area contributed by atoms with E-state index in [1.54, 1.807) is 4.90 Å². The number of carbonyl (C=O) groups is 2. The van der Waals surface area contributed by atoms with Gasteiger partial charge in [-0.1, -0.05) is 20.8 Å². The lowest BCUT2D eigenvalue weighted by Gasteiger charge is -2.38. The summed E-state index contributed by atoms with van der Waals surface area (Å²) in [4.78, 5) is 24.9. The third-order valence-corrected chi connectivity index (χ3v) is 3.14. The Kier molecular flexibility index (Phi) is 3.05. The van der Waals surface area contributed by atoms with Crippen LogP contribution in [0.25, 0.3) is 0 Å². The first-order valence-corrected chi connectivity index (χ1v) is 5.64. The lowest BCUT2D eigenvalue weighted by molar-refractivity contribution is -0.155. The van der Waals surface area contributed by atoms with E-state index in [4.69, 9.17) is 5.11 Å². The average Bonchev–Trinajstić information content (AvgIpc) is 2.38. The molecule has 1 rings (SSSR count). The molecule has 1 aliphatic heterocycles. The van der Waals surface area contributed by atoms with Crippen molar-refractivity contribution in [3.8, 4) is 0 Å². The van der Waals surface area contributed by atoms with Crippen molar-refractivity contribution in [1.29, 1.82) is 0 Å². The van der Waals surface area contributed by atoms with E-state index < -0.39 is 17.4 Å². The Balaban J connectivity index is 3.05. The summed E-state index contributed by atoms with van der Waals surface area (Å²) in [5.41, 5.74) is -0.886. The fourth-order valence-corrected chi connectivity index (χ4v) is 2.17. The normalized spacial score (nSPS) is 24.6. The van der Waals surface area contributed by atoms with Crippen LogP contribution in [-0.2, 0) is 9.59 Å². The monoisotopic (exact) mass is 227 g/mol. The second-order valence-electron chi connectivity index (χ2n) is 6.13. The summed E-state index contributed by atoms with van der Waals surface area (Å²) in [6.45, 7) is 9.33. The Bertz CT molecular complexity index is 315. The van der Waals surface area contributed by atoms with E-state index in [1.165, 1.54) is 0 Å². The molecule has 4 heteroatoms. The van der Waals surface area contributed by atoms with Crippen LogP contribution in [0.5, 0.6) is 0 Å². The minimum absolute atomic E-state index is 0.0811. The number of hydrogen-bond donors (Lipinski definition) is 1. The molecule has 92 valence electrons. The van der Waals surface area contributed by atoms with Crippen LogP contribution in [0.15, 0.2) is 0 Å². The summed E-state index contributed by atoms with van der Waals surface area (Å²) < 4.78 is 0. The average molecular weight is 227 g/mol. The van der Waals surface area contributed by atoms with Crippen LogP contribution in [0, 0.1) is 5.41 Å². The zero-order chi connectivity index (χ0) is 12.7. The van der Waals surface area contributed by atoms with Gasteiger partial charge in [0.2, 0.25) is 5.91 Å². The number of rotatable bonds is 1. The molecule has 4 nitrogen and oxygen atoms in total. The molecule has 1 N–H and O–H groups in total. The first-order valence-electron chi connectivity index (χ1n) is 5.64. The molecule has 0 bridgehead atoms. The summed E-state index contributed by atoms with van der Waals surface area (Å²) in [6.07, 6.45) is 1.29. The van der Waals surface area contributed by atoms with Crippen molar-refractivity contribution < 1.29 is 14.7 Å². The Morgan fingerprint density at radius 1 is 1.31 bits per heavy atom. The first-order chi connectivity index (χ1) is 7.07. The molecule has 1 fully saturated rings. The molecule has 1 aliphatic rings. The summed E-state index contributed by atoms with van der Waals surface area (Å²) >= 11 is 0. The van der Waals surface area contributed by atoms with E-state index in [1.807, 2.05) is 34.6 Å². The zero-order valence-corrected chi connectivity index (χ0v) is 10.7.